The van der Waals surface area contributed by atoms with E-state index in [-0.39, 0.29) is 12.3 Å². The molecular formula is C21H23N3O7S. The molecule has 11 heteroatoms. The monoisotopic (exact) mass is 461 g/mol. The Hall–Kier alpha value is -3.28. The van der Waals surface area contributed by atoms with Crippen LogP contribution < -0.4 is 24.7 Å². The normalized spacial score (nSPS) is 14.3. The Labute approximate surface area is 188 Å². The van der Waals surface area contributed by atoms with E-state index in [1.807, 2.05) is 0 Å². The number of carbonyl (C=O) groups excluding carboxylic acids is 1. The maximum absolute atomic E-state index is 12.7. The standard InChI is InChI=1S/C21H23N3O7S/c22-14-4-5-15-13(9-14)2-1-7-30-17-6-3-12(8-18(17)31-21(15)29)11-23-32-24-16(20(27)28)10-19(25)26/h3-6,8-9,16,23-24H,1-2,7,10-11,22H2,(H,25,26)(H,27,28). The molecular weight excluding hydrogens is 438 g/mol. The lowest BCUT2D eigenvalue weighted by Crippen LogP contribution is -2.36. The van der Waals surface area contributed by atoms with Crippen molar-refractivity contribution in [1.82, 2.24) is 9.44 Å². The van der Waals surface area contributed by atoms with Gasteiger partial charge >= 0.3 is 17.9 Å². The molecule has 0 aromatic heterocycles. The fourth-order valence-electron chi connectivity index (χ4n) is 3.07. The van der Waals surface area contributed by atoms with Crippen LogP contribution in [-0.2, 0) is 22.6 Å². The van der Waals surface area contributed by atoms with E-state index < -0.39 is 30.4 Å². The number of nitrogens with one attached hydrogen (secondary N) is 2. The largest absolute Gasteiger partial charge is 0.490 e. The number of carboxylic acids is 2. The molecule has 2 aromatic rings. The fourth-order valence-corrected chi connectivity index (χ4v) is 3.72. The summed E-state index contributed by atoms with van der Waals surface area (Å²) in [5, 5.41) is 17.8. The van der Waals surface area contributed by atoms with Gasteiger partial charge in [0.1, 0.15) is 6.04 Å². The number of benzene rings is 2. The SMILES string of the molecule is Nc1ccc2c(c1)CCCOc1ccc(CNSNC(CC(=O)O)C(=O)O)cc1OC2=O. The predicted octanol–water partition coefficient (Wildman–Crippen LogP) is 1.98. The second kappa shape index (κ2) is 10.8. The summed E-state index contributed by atoms with van der Waals surface area (Å²) in [5.41, 5.74) is 8.41. The number of carboxylic acid groups (broad SMARTS) is 2. The molecule has 1 aliphatic rings. The third-order valence-corrected chi connectivity index (χ3v) is 5.33. The number of nitrogens with two attached hydrogens (primary N) is 1. The molecule has 6 N–H and O–H groups in total. The Kier molecular flexibility index (Phi) is 7.92. The third kappa shape index (κ3) is 6.36. The zero-order valence-electron chi connectivity index (χ0n) is 17.0. The molecule has 0 spiro atoms. The molecule has 170 valence electrons. The summed E-state index contributed by atoms with van der Waals surface area (Å²) in [5.74, 6) is -2.28. The molecule has 0 aliphatic carbocycles. The Morgan fingerprint density at radius 3 is 2.72 bits per heavy atom. The number of esters is 1. The molecule has 3 rings (SSSR count). The first-order chi connectivity index (χ1) is 15.3. The first-order valence-electron chi connectivity index (χ1n) is 9.78. The highest BCUT2D eigenvalue weighted by Gasteiger charge is 2.21. The van der Waals surface area contributed by atoms with Gasteiger partial charge in [0.05, 0.1) is 18.6 Å². The van der Waals surface area contributed by atoms with E-state index in [4.69, 9.17) is 25.4 Å². The molecule has 2 aromatic carbocycles. The summed E-state index contributed by atoms with van der Waals surface area (Å²) in [7, 11) is 0. The summed E-state index contributed by atoms with van der Waals surface area (Å²) in [6, 6.07) is 8.97. The van der Waals surface area contributed by atoms with Gasteiger partial charge in [0.2, 0.25) is 0 Å². The van der Waals surface area contributed by atoms with Gasteiger partial charge in [-0.2, -0.15) is 0 Å². The third-order valence-electron chi connectivity index (χ3n) is 4.63. The maximum atomic E-state index is 12.7. The van der Waals surface area contributed by atoms with Gasteiger partial charge in [0, 0.05) is 24.4 Å². The van der Waals surface area contributed by atoms with Crippen LogP contribution in [0.3, 0.4) is 0 Å². The van der Waals surface area contributed by atoms with Crippen LogP contribution in [0.25, 0.3) is 0 Å². The van der Waals surface area contributed by atoms with Gasteiger partial charge < -0.3 is 25.4 Å². The smallest absolute Gasteiger partial charge is 0.343 e. The highest BCUT2D eigenvalue weighted by Crippen LogP contribution is 2.31. The molecule has 1 heterocycles. The highest BCUT2D eigenvalue weighted by atomic mass is 32.2. The molecule has 0 amide bonds. The minimum atomic E-state index is -1.26. The number of aryl methyl sites for hydroxylation is 1. The highest BCUT2D eigenvalue weighted by molar-refractivity contribution is 7.95. The number of rotatable bonds is 8. The van der Waals surface area contributed by atoms with Gasteiger partial charge in [0.15, 0.2) is 11.5 Å². The van der Waals surface area contributed by atoms with E-state index in [9.17, 15) is 14.4 Å². The van der Waals surface area contributed by atoms with Crippen LogP contribution in [0.1, 0.15) is 34.3 Å². The van der Waals surface area contributed by atoms with Gasteiger partial charge in [-0.3, -0.25) is 9.59 Å². The van der Waals surface area contributed by atoms with Crippen LogP contribution in [0.5, 0.6) is 11.5 Å². The number of anilines is 1. The number of fused-ring (bicyclic) bond motifs is 2. The van der Waals surface area contributed by atoms with Crippen molar-refractivity contribution < 1.29 is 34.1 Å². The second-order valence-electron chi connectivity index (χ2n) is 7.07. The van der Waals surface area contributed by atoms with Crippen molar-refractivity contribution in [3.05, 3.63) is 53.1 Å². The van der Waals surface area contributed by atoms with Gasteiger partial charge in [-0.1, -0.05) is 6.07 Å². The van der Waals surface area contributed by atoms with Crippen LogP contribution in [0.4, 0.5) is 5.69 Å². The van der Waals surface area contributed by atoms with Crippen molar-refractivity contribution in [3.8, 4) is 11.5 Å². The zero-order valence-corrected chi connectivity index (χ0v) is 17.8. The van der Waals surface area contributed by atoms with Crippen LogP contribution in [0.2, 0.25) is 0 Å². The number of nitrogen functional groups attached to an aromatic ring is 1. The quantitative estimate of drug-likeness (QED) is 0.129. The predicted molar refractivity (Wildman–Crippen MR) is 117 cm³/mol. The number of hydrogen-bond donors (Lipinski definition) is 5. The van der Waals surface area contributed by atoms with Crippen molar-refractivity contribution in [2.45, 2.75) is 31.8 Å². The summed E-state index contributed by atoms with van der Waals surface area (Å²) < 4.78 is 16.8. The zero-order chi connectivity index (χ0) is 23.1. The molecule has 10 nitrogen and oxygen atoms in total. The number of aliphatic carboxylic acids is 2. The van der Waals surface area contributed by atoms with Gasteiger partial charge in [-0.15, -0.1) is 0 Å². The summed E-state index contributed by atoms with van der Waals surface area (Å²) in [6.07, 6.45) is 0.787. The molecule has 1 unspecified atom stereocenters. The van der Waals surface area contributed by atoms with Crippen LogP contribution >= 0.6 is 12.1 Å². The van der Waals surface area contributed by atoms with E-state index in [0.717, 1.165) is 23.3 Å². The van der Waals surface area contributed by atoms with E-state index in [0.29, 0.717) is 36.4 Å². The molecule has 0 saturated carbocycles. The Morgan fingerprint density at radius 2 is 1.97 bits per heavy atom. The van der Waals surface area contributed by atoms with E-state index in [2.05, 4.69) is 9.44 Å². The van der Waals surface area contributed by atoms with Crippen molar-refractivity contribution in [2.24, 2.45) is 0 Å². The molecule has 1 aliphatic heterocycles. The lowest BCUT2D eigenvalue weighted by Gasteiger charge is -2.17. The lowest BCUT2D eigenvalue weighted by atomic mass is 10.0. The lowest BCUT2D eigenvalue weighted by molar-refractivity contribution is -0.145. The number of ether oxygens (including phenoxy) is 2. The summed E-state index contributed by atoms with van der Waals surface area (Å²) >= 11 is 0.875. The van der Waals surface area contributed by atoms with Crippen molar-refractivity contribution in [2.75, 3.05) is 12.3 Å². The average Bonchev–Trinajstić information content (AvgIpc) is 2.73. The molecule has 1 atom stereocenters. The minimum Gasteiger partial charge on any atom is -0.490 e. The second-order valence-corrected chi connectivity index (χ2v) is 7.80. The van der Waals surface area contributed by atoms with Crippen LogP contribution in [0, 0.1) is 0 Å². The Balaban J connectivity index is 1.67. The molecule has 0 radical (unpaired) electrons. The maximum Gasteiger partial charge on any atom is 0.343 e. The first-order valence-corrected chi connectivity index (χ1v) is 10.6. The van der Waals surface area contributed by atoms with Gasteiger partial charge in [0.25, 0.3) is 0 Å². The van der Waals surface area contributed by atoms with E-state index in [1.54, 1.807) is 36.4 Å². The van der Waals surface area contributed by atoms with Crippen molar-refractivity contribution >= 4 is 35.7 Å². The van der Waals surface area contributed by atoms with Crippen LogP contribution in [0.15, 0.2) is 36.4 Å². The first kappa shape index (κ1) is 23.4. The van der Waals surface area contributed by atoms with Gasteiger partial charge in [-0.05, 0) is 54.3 Å². The minimum absolute atomic E-state index is 0.270. The molecule has 0 saturated heterocycles. The van der Waals surface area contributed by atoms with E-state index >= 15 is 0 Å². The summed E-state index contributed by atoms with van der Waals surface area (Å²) in [4.78, 5) is 34.5. The Bertz CT molecular complexity index is 1010. The van der Waals surface area contributed by atoms with Crippen molar-refractivity contribution in [1.29, 1.82) is 0 Å². The van der Waals surface area contributed by atoms with E-state index in [1.165, 1.54) is 0 Å². The number of carbonyl (C=O) groups is 3. The van der Waals surface area contributed by atoms with Gasteiger partial charge in [-0.25, -0.2) is 14.2 Å². The topological polar surface area (TPSA) is 160 Å². The molecule has 0 bridgehead atoms. The summed E-state index contributed by atoms with van der Waals surface area (Å²) in [6.45, 7) is 0.728. The molecule has 32 heavy (non-hydrogen) atoms. The molecule has 0 fully saturated rings. The fraction of sp³-hybridized carbons (Fsp3) is 0.286. The van der Waals surface area contributed by atoms with Crippen LogP contribution in [-0.4, -0.2) is 40.8 Å². The number of hydrogen-bond acceptors (Lipinski definition) is 9. The average molecular weight is 461 g/mol. The van der Waals surface area contributed by atoms with Crippen molar-refractivity contribution in [3.63, 3.8) is 0 Å². The Morgan fingerprint density at radius 1 is 1.16 bits per heavy atom.